The summed E-state index contributed by atoms with van der Waals surface area (Å²) in [5, 5.41) is 19.7. The van der Waals surface area contributed by atoms with E-state index in [1.54, 1.807) is 24.3 Å². The Kier molecular flexibility index (Phi) is 6.14. The molecule has 0 fully saturated rings. The van der Waals surface area contributed by atoms with Gasteiger partial charge in [-0.3, -0.25) is 14.9 Å². The highest BCUT2D eigenvalue weighted by Crippen LogP contribution is 2.27. The van der Waals surface area contributed by atoms with Crippen molar-refractivity contribution in [2.75, 3.05) is 0 Å². The summed E-state index contributed by atoms with van der Waals surface area (Å²) in [7, 11) is 0. The minimum Gasteiger partial charge on any atom is -0.419 e. The standard InChI is InChI=1S/C19H16Cl2N4O4/c1-11(2)24(19(26)13-5-8-15(21)16(9-13)25(27)28)10-17-22-23-18(29-17)12-3-6-14(20)7-4-12/h3-9,11H,10H2,1-2H3. The van der Waals surface area contributed by atoms with Crippen LogP contribution < -0.4 is 0 Å². The number of nitro groups is 1. The van der Waals surface area contributed by atoms with Crippen LogP contribution in [-0.4, -0.2) is 32.0 Å². The molecule has 150 valence electrons. The van der Waals surface area contributed by atoms with Gasteiger partial charge < -0.3 is 9.32 Å². The van der Waals surface area contributed by atoms with Gasteiger partial charge >= 0.3 is 0 Å². The molecule has 0 atom stereocenters. The fourth-order valence-corrected chi connectivity index (χ4v) is 2.93. The van der Waals surface area contributed by atoms with Crippen molar-refractivity contribution in [2.24, 2.45) is 0 Å². The first-order valence-electron chi connectivity index (χ1n) is 8.59. The van der Waals surface area contributed by atoms with Gasteiger partial charge in [0.15, 0.2) is 0 Å². The summed E-state index contributed by atoms with van der Waals surface area (Å²) >= 11 is 11.7. The number of carbonyl (C=O) groups is 1. The zero-order valence-electron chi connectivity index (χ0n) is 15.5. The van der Waals surface area contributed by atoms with E-state index < -0.39 is 10.8 Å². The maximum atomic E-state index is 12.9. The maximum Gasteiger partial charge on any atom is 0.288 e. The van der Waals surface area contributed by atoms with Gasteiger partial charge in [-0.05, 0) is 50.2 Å². The Hall–Kier alpha value is -2.97. The molecule has 0 aliphatic rings. The van der Waals surface area contributed by atoms with Crippen LogP contribution in [0.25, 0.3) is 11.5 Å². The highest BCUT2D eigenvalue weighted by Gasteiger charge is 2.24. The Morgan fingerprint density at radius 3 is 2.48 bits per heavy atom. The van der Waals surface area contributed by atoms with Crippen molar-refractivity contribution in [1.82, 2.24) is 15.1 Å². The Labute approximate surface area is 176 Å². The van der Waals surface area contributed by atoms with Crippen molar-refractivity contribution in [3.8, 4) is 11.5 Å². The van der Waals surface area contributed by atoms with E-state index in [1.807, 2.05) is 13.8 Å². The van der Waals surface area contributed by atoms with Crippen molar-refractivity contribution in [2.45, 2.75) is 26.4 Å². The minimum absolute atomic E-state index is 0.0350. The number of amides is 1. The number of hydrogen-bond acceptors (Lipinski definition) is 6. The average molecular weight is 435 g/mol. The SMILES string of the molecule is CC(C)N(Cc1nnc(-c2ccc(Cl)cc2)o1)C(=O)c1ccc(Cl)c([N+](=O)[O-])c1. The molecule has 3 rings (SSSR count). The summed E-state index contributed by atoms with van der Waals surface area (Å²) in [5.74, 6) is 0.126. The van der Waals surface area contributed by atoms with E-state index in [4.69, 9.17) is 27.6 Å². The van der Waals surface area contributed by atoms with E-state index >= 15 is 0 Å². The van der Waals surface area contributed by atoms with E-state index in [1.165, 1.54) is 17.0 Å². The van der Waals surface area contributed by atoms with Crippen LogP contribution in [0.15, 0.2) is 46.9 Å². The topological polar surface area (TPSA) is 102 Å². The van der Waals surface area contributed by atoms with Crippen LogP contribution in [0.4, 0.5) is 5.69 Å². The predicted molar refractivity (Wildman–Crippen MR) is 108 cm³/mol. The molecule has 0 aliphatic heterocycles. The summed E-state index contributed by atoms with van der Waals surface area (Å²) in [6.45, 7) is 3.69. The molecule has 1 amide bonds. The van der Waals surface area contributed by atoms with Gasteiger partial charge in [-0.2, -0.15) is 0 Å². The van der Waals surface area contributed by atoms with Gasteiger partial charge in [0.25, 0.3) is 11.6 Å². The fourth-order valence-electron chi connectivity index (χ4n) is 2.61. The van der Waals surface area contributed by atoms with Crippen LogP contribution in [0.2, 0.25) is 10.0 Å². The molecular formula is C19H16Cl2N4O4. The molecule has 1 aromatic heterocycles. The summed E-state index contributed by atoms with van der Waals surface area (Å²) in [6.07, 6.45) is 0. The van der Waals surface area contributed by atoms with Gasteiger partial charge in [0.2, 0.25) is 11.8 Å². The molecule has 8 nitrogen and oxygen atoms in total. The third-order valence-corrected chi connectivity index (χ3v) is 4.71. The van der Waals surface area contributed by atoms with E-state index in [0.717, 1.165) is 6.07 Å². The number of nitro benzene ring substituents is 1. The van der Waals surface area contributed by atoms with Gasteiger partial charge in [0.05, 0.1) is 11.5 Å². The third kappa shape index (κ3) is 4.72. The molecule has 0 saturated heterocycles. The molecule has 1 heterocycles. The second kappa shape index (κ2) is 8.59. The fraction of sp³-hybridized carbons (Fsp3) is 0.211. The molecule has 0 saturated carbocycles. The molecule has 0 radical (unpaired) electrons. The molecule has 0 spiro atoms. The van der Waals surface area contributed by atoms with Gasteiger partial charge in [0, 0.05) is 28.3 Å². The smallest absolute Gasteiger partial charge is 0.288 e. The largest absolute Gasteiger partial charge is 0.419 e. The van der Waals surface area contributed by atoms with Gasteiger partial charge in [-0.25, -0.2) is 0 Å². The third-order valence-electron chi connectivity index (χ3n) is 4.14. The number of halogens is 2. The molecule has 0 N–H and O–H groups in total. The Balaban J connectivity index is 1.84. The quantitative estimate of drug-likeness (QED) is 0.399. The summed E-state index contributed by atoms with van der Waals surface area (Å²) in [5.41, 5.74) is 0.514. The molecule has 2 aromatic carbocycles. The Bertz CT molecular complexity index is 1050. The maximum absolute atomic E-state index is 12.9. The highest BCUT2D eigenvalue weighted by molar-refractivity contribution is 6.32. The van der Waals surface area contributed by atoms with Crippen LogP contribution >= 0.6 is 23.2 Å². The van der Waals surface area contributed by atoms with E-state index in [0.29, 0.717) is 16.5 Å². The molecule has 10 heteroatoms. The lowest BCUT2D eigenvalue weighted by Gasteiger charge is -2.25. The van der Waals surface area contributed by atoms with Gasteiger partial charge in [-0.1, -0.05) is 23.2 Å². The Morgan fingerprint density at radius 2 is 1.86 bits per heavy atom. The van der Waals surface area contributed by atoms with Crippen LogP contribution in [0.5, 0.6) is 0 Å². The summed E-state index contributed by atoms with van der Waals surface area (Å²) in [6, 6.07) is 10.6. The molecular weight excluding hydrogens is 419 g/mol. The van der Waals surface area contributed by atoms with Crippen molar-refractivity contribution >= 4 is 34.8 Å². The summed E-state index contributed by atoms with van der Waals surface area (Å²) < 4.78 is 5.67. The monoisotopic (exact) mass is 434 g/mol. The number of hydrogen-bond donors (Lipinski definition) is 0. The summed E-state index contributed by atoms with van der Waals surface area (Å²) in [4.78, 5) is 24.9. The first kappa shape index (κ1) is 20.8. The molecule has 0 aliphatic carbocycles. The van der Waals surface area contributed by atoms with Crippen molar-refractivity contribution in [3.63, 3.8) is 0 Å². The zero-order chi connectivity index (χ0) is 21.1. The van der Waals surface area contributed by atoms with Gasteiger partial charge in [-0.15, -0.1) is 10.2 Å². The lowest BCUT2D eigenvalue weighted by molar-refractivity contribution is -0.384. The zero-order valence-corrected chi connectivity index (χ0v) is 17.0. The predicted octanol–water partition coefficient (Wildman–Crippen LogP) is 5.00. The van der Waals surface area contributed by atoms with Crippen molar-refractivity contribution < 1.29 is 14.1 Å². The molecule has 0 bridgehead atoms. The van der Waals surface area contributed by atoms with Crippen molar-refractivity contribution in [1.29, 1.82) is 0 Å². The number of carbonyl (C=O) groups excluding carboxylic acids is 1. The second-order valence-corrected chi connectivity index (χ2v) is 7.30. The van der Waals surface area contributed by atoms with Crippen LogP contribution in [0.1, 0.15) is 30.1 Å². The lowest BCUT2D eigenvalue weighted by Crippen LogP contribution is -2.36. The molecule has 29 heavy (non-hydrogen) atoms. The van der Waals surface area contributed by atoms with E-state index in [9.17, 15) is 14.9 Å². The number of rotatable bonds is 6. The second-order valence-electron chi connectivity index (χ2n) is 6.46. The minimum atomic E-state index is -0.630. The first-order chi connectivity index (χ1) is 13.8. The van der Waals surface area contributed by atoms with E-state index in [2.05, 4.69) is 10.2 Å². The van der Waals surface area contributed by atoms with Crippen LogP contribution in [-0.2, 0) is 6.54 Å². The first-order valence-corrected chi connectivity index (χ1v) is 9.35. The number of benzene rings is 2. The Morgan fingerprint density at radius 1 is 1.17 bits per heavy atom. The average Bonchev–Trinajstić information content (AvgIpc) is 3.15. The number of nitrogens with zero attached hydrogens (tertiary/aromatic N) is 4. The lowest BCUT2D eigenvalue weighted by atomic mass is 10.1. The molecule has 3 aromatic rings. The van der Waals surface area contributed by atoms with E-state index in [-0.39, 0.29) is 34.8 Å². The van der Waals surface area contributed by atoms with Crippen molar-refractivity contribution in [3.05, 3.63) is 74.1 Å². The highest BCUT2D eigenvalue weighted by atomic mass is 35.5. The van der Waals surface area contributed by atoms with Gasteiger partial charge in [0.1, 0.15) is 5.02 Å². The van der Waals surface area contributed by atoms with Crippen LogP contribution in [0, 0.1) is 10.1 Å². The molecule has 0 unspecified atom stereocenters. The normalized spacial score (nSPS) is 10.9. The number of aromatic nitrogens is 2. The van der Waals surface area contributed by atoms with Crippen LogP contribution in [0.3, 0.4) is 0 Å².